The first-order chi connectivity index (χ1) is 12.4. The van der Waals surface area contributed by atoms with Crippen LogP contribution in [0.15, 0.2) is 35.9 Å². The quantitative estimate of drug-likeness (QED) is 0.307. The second-order valence-corrected chi connectivity index (χ2v) is 8.70. The van der Waals surface area contributed by atoms with Crippen molar-refractivity contribution in [2.75, 3.05) is 0 Å². The smallest absolute Gasteiger partial charge is 0.147 e. The van der Waals surface area contributed by atoms with Gasteiger partial charge in [0.2, 0.25) is 5.69 Å². The zero-order chi connectivity index (χ0) is 19.4. The molecule has 0 saturated carbocycles. The summed E-state index contributed by atoms with van der Waals surface area (Å²) in [5.74, 6) is 0. The summed E-state index contributed by atoms with van der Waals surface area (Å²) in [6, 6.07) is 6.24. The van der Waals surface area contributed by atoms with Gasteiger partial charge in [-0.2, -0.15) is 0 Å². The zero-order valence-electron chi connectivity index (χ0n) is 17.5. The monoisotopic (exact) mass is 373 g/mol. The fraction of sp³-hybridized carbons (Fsp3) is 0.609. The van der Waals surface area contributed by atoms with Gasteiger partial charge in [-0.1, -0.05) is 50.3 Å². The summed E-state index contributed by atoms with van der Waals surface area (Å²) in [5.41, 5.74) is 4.85. The van der Waals surface area contributed by atoms with Gasteiger partial charge in [-0.3, -0.25) is 0 Å². The Balaban J connectivity index is 2.66. The molecule has 1 aromatic rings. The van der Waals surface area contributed by atoms with Crippen LogP contribution in [0.4, 0.5) is 0 Å². The third-order valence-electron chi connectivity index (χ3n) is 6.81. The van der Waals surface area contributed by atoms with Gasteiger partial charge >= 0.3 is 13.9 Å². The highest BCUT2D eigenvalue weighted by Crippen LogP contribution is 2.51. The van der Waals surface area contributed by atoms with Crippen LogP contribution in [0.2, 0.25) is 0 Å². The average Bonchev–Trinajstić information content (AvgIpc) is 2.67. The van der Waals surface area contributed by atoms with Crippen LogP contribution in [0.3, 0.4) is 0 Å². The highest BCUT2D eigenvalue weighted by Gasteiger charge is 2.58. The van der Waals surface area contributed by atoms with E-state index >= 15 is 0 Å². The topological polar surface area (TPSA) is 20.9 Å². The predicted molar refractivity (Wildman–Crippen MR) is 113 cm³/mol. The Morgan fingerprint density at radius 3 is 2.42 bits per heavy atom. The van der Waals surface area contributed by atoms with E-state index in [1.165, 1.54) is 36.1 Å². The Bertz CT molecular complexity index is 721. The molecule has 1 aliphatic rings. The SMILES string of the molecule is CCCCCC=CC1=C(C)c2cccc([PH+]=O)[n+]2C(C)(CC)C1(C)CC. The molecule has 2 nitrogen and oxygen atoms in total. The maximum atomic E-state index is 11.9. The lowest BCUT2D eigenvalue weighted by molar-refractivity contribution is -0.764. The largest absolute Gasteiger partial charge is 0.432 e. The van der Waals surface area contributed by atoms with Crippen molar-refractivity contribution in [3.63, 3.8) is 0 Å². The van der Waals surface area contributed by atoms with Crippen LogP contribution in [-0.4, -0.2) is 0 Å². The van der Waals surface area contributed by atoms with Gasteiger partial charge in [0.05, 0.1) is 11.5 Å². The highest BCUT2D eigenvalue weighted by atomic mass is 31.1. The summed E-state index contributed by atoms with van der Waals surface area (Å²) in [4.78, 5) is 0. The van der Waals surface area contributed by atoms with Crippen LogP contribution in [0.1, 0.15) is 85.8 Å². The normalized spacial score (nSPS) is 25.9. The summed E-state index contributed by atoms with van der Waals surface area (Å²) in [6.07, 6.45) is 11.8. The van der Waals surface area contributed by atoms with Crippen LogP contribution in [0, 0.1) is 5.41 Å². The van der Waals surface area contributed by atoms with Crippen molar-refractivity contribution in [1.82, 2.24) is 0 Å². The van der Waals surface area contributed by atoms with Gasteiger partial charge in [0.25, 0.3) is 0 Å². The molecule has 2 heterocycles. The predicted octanol–water partition coefficient (Wildman–Crippen LogP) is 6.09. The van der Waals surface area contributed by atoms with Crippen molar-refractivity contribution >= 4 is 19.5 Å². The third kappa shape index (κ3) is 3.33. The molecule has 0 aromatic carbocycles. The van der Waals surface area contributed by atoms with E-state index < -0.39 is 8.46 Å². The van der Waals surface area contributed by atoms with E-state index in [0.29, 0.717) is 0 Å². The molecule has 0 bridgehead atoms. The molecule has 0 saturated heterocycles. The van der Waals surface area contributed by atoms with Crippen molar-refractivity contribution in [1.29, 1.82) is 0 Å². The van der Waals surface area contributed by atoms with Gasteiger partial charge in [0.15, 0.2) is 5.54 Å². The van der Waals surface area contributed by atoms with Gasteiger partial charge in [0.1, 0.15) is 0 Å². The summed E-state index contributed by atoms with van der Waals surface area (Å²) >= 11 is 0. The van der Waals surface area contributed by atoms with E-state index in [9.17, 15) is 4.57 Å². The molecule has 0 spiro atoms. The Labute approximate surface area is 161 Å². The maximum Gasteiger partial charge on any atom is 0.432 e. The number of nitrogens with zero attached hydrogens (tertiary/aromatic N) is 1. The van der Waals surface area contributed by atoms with Gasteiger partial charge < -0.3 is 0 Å². The van der Waals surface area contributed by atoms with Crippen molar-refractivity contribution in [3.05, 3.63) is 41.6 Å². The van der Waals surface area contributed by atoms with Crippen LogP contribution in [0.25, 0.3) is 5.57 Å². The number of hydrogen-bond acceptors (Lipinski definition) is 1. The lowest BCUT2D eigenvalue weighted by Gasteiger charge is -2.46. The van der Waals surface area contributed by atoms with E-state index in [1.54, 1.807) is 0 Å². The number of pyridine rings is 1. The number of hydrogen-bond donors (Lipinski definition) is 0. The summed E-state index contributed by atoms with van der Waals surface area (Å²) in [5, 5.41) is 0. The number of rotatable bonds is 8. The minimum absolute atomic E-state index is 0.0144. The first-order valence-corrected chi connectivity index (χ1v) is 11.1. The van der Waals surface area contributed by atoms with E-state index in [-0.39, 0.29) is 11.0 Å². The molecule has 0 aliphatic carbocycles. The number of unbranched alkanes of at least 4 members (excludes halogenated alkanes) is 3. The fourth-order valence-electron chi connectivity index (χ4n) is 4.64. The standard InChI is InChI=1S/C23H35NOP/c1-7-10-11-12-13-15-19-18(4)20-16-14-17-21(26-25)24(20)23(6,9-3)22(19,5)8-2/h13-17H,7-12H2,1-6H3/q+1/p+1. The van der Waals surface area contributed by atoms with Crippen molar-refractivity contribution in [3.8, 4) is 0 Å². The minimum atomic E-state index is -0.429. The van der Waals surface area contributed by atoms with Gasteiger partial charge in [-0.25, -0.2) is 0 Å². The lowest BCUT2D eigenvalue weighted by Crippen LogP contribution is -2.71. The molecule has 26 heavy (non-hydrogen) atoms. The van der Waals surface area contributed by atoms with Crippen LogP contribution >= 0.6 is 8.46 Å². The molecule has 3 unspecified atom stereocenters. The Morgan fingerprint density at radius 1 is 1.12 bits per heavy atom. The minimum Gasteiger partial charge on any atom is -0.147 e. The molecular weight excluding hydrogens is 337 g/mol. The second-order valence-electron chi connectivity index (χ2n) is 7.98. The van der Waals surface area contributed by atoms with Gasteiger partial charge in [-0.15, -0.1) is 4.57 Å². The molecule has 3 atom stereocenters. The summed E-state index contributed by atoms with van der Waals surface area (Å²) in [6.45, 7) is 13.8. The summed E-state index contributed by atoms with van der Waals surface area (Å²) in [7, 11) is -0.429. The molecule has 0 fully saturated rings. The Hall–Kier alpha value is -1.27. The molecule has 0 amide bonds. The Morgan fingerprint density at radius 2 is 1.85 bits per heavy atom. The van der Waals surface area contributed by atoms with E-state index in [4.69, 9.17) is 0 Å². The van der Waals surface area contributed by atoms with Crippen molar-refractivity contribution in [2.24, 2.45) is 5.41 Å². The second kappa shape index (κ2) is 8.61. The fourth-order valence-corrected chi connectivity index (χ4v) is 5.27. The average molecular weight is 374 g/mol. The molecule has 3 heteroatoms. The highest BCUT2D eigenvalue weighted by molar-refractivity contribution is 7.33. The van der Waals surface area contributed by atoms with E-state index in [0.717, 1.165) is 24.7 Å². The number of fused-ring (bicyclic) bond motifs is 1. The number of allylic oxidation sites excluding steroid dienone is 4. The van der Waals surface area contributed by atoms with E-state index in [1.807, 2.05) is 12.1 Å². The zero-order valence-corrected chi connectivity index (χ0v) is 18.5. The van der Waals surface area contributed by atoms with Crippen molar-refractivity contribution in [2.45, 2.75) is 85.6 Å². The van der Waals surface area contributed by atoms with Crippen LogP contribution < -0.4 is 10.0 Å². The first kappa shape index (κ1) is 21.0. The molecule has 0 N–H and O–H groups in total. The van der Waals surface area contributed by atoms with E-state index in [2.05, 4.69) is 64.3 Å². The maximum absolute atomic E-state index is 11.9. The van der Waals surface area contributed by atoms with Crippen LogP contribution in [0.5, 0.6) is 0 Å². The lowest BCUT2D eigenvalue weighted by atomic mass is 9.60. The molecule has 2 rings (SSSR count). The van der Waals surface area contributed by atoms with Gasteiger partial charge in [-0.05, 0) is 44.7 Å². The number of aromatic nitrogens is 1. The molecule has 0 radical (unpaired) electrons. The van der Waals surface area contributed by atoms with Gasteiger partial charge in [0, 0.05) is 25.0 Å². The molecule has 142 valence electrons. The third-order valence-corrected chi connectivity index (χ3v) is 7.41. The van der Waals surface area contributed by atoms with Crippen molar-refractivity contribution < 1.29 is 9.13 Å². The first-order valence-electron chi connectivity index (χ1n) is 10.2. The molecule has 1 aromatic heterocycles. The van der Waals surface area contributed by atoms with Crippen LogP contribution in [-0.2, 0) is 10.1 Å². The molecule has 1 aliphatic heterocycles. The summed E-state index contributed by atoms with van der Waals surface area (Å²) < 4.78 is 14.3. The Kier molecular flexibility index (Phi) is 6.97. The molecular formula is C23H36NOP+2.